The highest BCUT2D eigenvalue weighted by Gasteiger charge is 2.54. The Labute approximate surface area is 216 Å². The van der Waals surface area contributed by atoms with Gasteiger partial charge in [0.05, 0.1) is 0 Å². The second-order valence-corrected chi connectivity index (χ2v) is 9.74. The third-order valence-electron chi connectivity index (χ3n) is 7.35. The van der Waals surface area contributed by atoms with Crippen LogP contribution in [0.1, 0.15) is 50.7 Å². The SMILES string of the molecule is CO[C@@](C=O)(NC(=O)C1(Cc2ccc(C)cc2)CCCN1C(=O)C1CCCN1C(=O)O)[C@@H](C)OC(C)=O. The predicted octanol–water partition coefficient (Wildman–Crippen LogP) is 1.65. The number of likely N-dealkylation sites (tertiary alicyclic amines) is 2. The number of methoxy groups -OCH3 is 1. The van der Waals surface area contributed by atoms with Crippen LogP contribution in [0.15, 0.2) is 24.3 Å². The van der Waals surface area contributed by atoms with Crippen LogP contribution >= 0.6 is 0 Å². The molecule has 0 saturated carbocycles. The summed E-state index contributed by atoms with van der Waals surface area (Å²) in [7, 11) is 1.21. The lowest BCUT2D eigenvalue weighted by Gasteiger charge is -2.42. The molecule has 11 heteroatoms. The molecule has 2 aliphatic rings. The molecule has 202 valence electrons. The van der Waals surface area contributed by atoms with Crippen molar-refractivity contribution in [1.82, 2.24) is 15.1 Å². The van der Waals surface area contributed by atoms with E-state index in [1.165, 1.54) is 25.9 Å². The normalized spacial score (nSPS) is 23.7. The fraction of sp³-hybridized carbons (Fsp3) is 0.577. The summed E-state index contributed by atoms with van der Waals surface area (Å²) in [5.74, 6) is -1.75. The summed E-state index contributed by atoms with van der Waals surface area (Å²) in [5.41, 5.74) is -1.58. The zero-order valence-electron chi connectivity index (χ0n) is 21.7. The van der Waals surface area contributed by atoms with Crippen LogP contribution < -0.4 is 5.32 Å². The number of hydrogen-bond donors (Lipinski definition) is 2. The minimum atomic E-state index is -1.99. The highest BCUT2D eigenvalue weighted by Crippen LogP contribution is 2.36. The van der Waals surface area contributed by atoms with Gasteiger partial charge in [0.15, 0.2) is 12.4 Å². The molecule has 2 unspecified atom stereocenters. The Morgan fingerprint density at radius 2 is 1.89 bits per heavy atom. The van der Waals surface area contributed by atoms with E-state index in [0.29, 0.717) is 32.0 Å². The van der Waals surface area contributed by atoms with Crippen molar-refractivity contribution in [2.45, 2.75) is 76.3 Å². The minimum absolute atomic E-state index is 0.144. The molecule has 2 saturated heterocycles. The Morgan fingerprint density at radius 1 is 1.22 bits per heavy atom. The molecular formula is C26H35N3O8. The number of esters is 1. The number of aldehydes is 1. The van der Waals surface area contributed by atoms with Crippen LogP contribution in [-0.4, -0.2) is 88.7 Å². The Kier molecular flexibility index (Phi) is 8.57. The van der Waals surface area contributed by atoms with Gasteiger partial charge in [-0.25, -0.2) is 4.79 Å². The van der Waals surface area contributed by atoms with E-state index in [1.54, 1.807) is 0 Å². The number of nitrogens with zero attached hydrogens (tertiary/aromatic N) is 2. The van der Waals surface area contributed by atoms with Crippen molar-refractivity contribution in [1.29, 1.82) is 0 Å². The quantitative estimate of drug-likeness (QED) is 0.286. The summed E-state index contributed by atoms with van der Waals surface area (Å²) in [5, 5.41) is 12.2. The average molecular weight is 518 g/mol. The molecule has 1 aromatic rings. The molecule has 2 N–H and O–H groups in total. The zero-order chi connectivity index (χ0) is 27.4. The van der Waals surface area contributed by atoms with Gasteiger partial charge in [-0.2, -0.15) is 0 Å². The van der Waals surface area contributed by atoms with Gasteiger partial charge in [0.2, 0.25) is 17.5 Å². The molecule has 0 spiro atoms. The number of nitrogens with one attached hydrogen (secondary N) is 1. The van der Waals surface area contributed by atoms with Crippen LogP contribution in [0.4, 0.5) is 4.79 Å². The summed E-state index contributed by atoms with van der Waals surface area (Å²) in [6.45, 7) is 5.03. The number of rotatable bonds is 9. The van der Waals surface area contributed by atoms with Gasteiger partial charge in [-0.15, -0.1) is 0 Å². The lowest BCUT2D eigenvalue weighted by molar-refractivity contribution is -0.177. The summed E-state index contributed by atoms with van der Waals surface area (Å²) in [6.07, 6.45) is -0.124. The smallest absolute Gasteiger partial charge is 0.407 e. The van der Waals surface area contributed by atoms with Crippen molar-refractivity contribution in [3.63, 3.8) is 0 Å². The van der Waals surface area contributed by atoms with E-state index < -0.39 is 47.3 Å². The minimum Gasteiger partial charge on any atom is -0.465 e. The van der Waals surface area contributed by atoms with Gasteiger partial charge >= 0.3 is 12.1 Å². The van der Waals surface area contributed by atoms with Crippen LogP contribution in [-0.2, 0) is 35.1 Å². The number of ether oxygens (including phenoxy) is 2. The number of hydrogen-bond acceptors (Lipinski definition) is 7. The second-order valence-electron chi connectivity index (χ2n) is 9.74. The van der Waals surface area contributed by atoms with Gasteiger partial charge < -0.3 is 24.8 Å². The van der Waals surface area contributed by atoms with E-state index in [2.05, 4.69) is 5.32 Å². The highest BCUT2D eigenvalue weighted by atomic mass is 16.6. The number of carbonyl (C=O) groups excluding carboxylic acids is 4. The van der Waals surface area contributed by atoms with Crippen molar-refractivity contribution >= 4 is 30.2 Å². The van der Waals surface area contributed by atoms with Crippen LogP contribution in [0.2, 0.25) is 0 Å². The van der Waals surface area contributed by atoms with Crippen molar-refractivity contribution in [3.8, 4) is 0 Å². The molecule has 2 aliphatic heterocycles. The molecule has 0 radical (unpaired) electrons. The van der Waals surface area contributed by atoms with Crippen LogP contribution in [0.5, 0.6) is 0 Å². The number of carboxylic acid groups (broad SMARTS) is 1. The Hall–Kier alpha value is -3.47. The van der Waals surface area contributed by atoms with E-state index in [-0.39, 0.29) is 19.5 Å². The van der Waals surface area contributed by atoms with Crippen molar-refractivity contribution < 1.29 is 38.6 Å². The first kappa shape index (κ1) is 28.1. The molecule has 3 rings (SSSR count). The molecule has 1 aromatic carbocycles. The van der Waals surface area contributed by atoms with E-state index in [4.69, 9.17) is 9.47 Å². The molecule has 2 fully saturated rings. The standard InChI is InChI=1S/C26H35N3O8/c1-17-8-10-20(11-9-17)15-25(23(33)27-26(16-30,36-4)18(2)37-19(3)31)12-6-14-29(25)22(32)21-7-5-13-28(21)24(34)35/h8-11,16,18,21H,5-7,12-15H2,1-4H3,(H,27,33)(H,34,35)/t18-,21?,25?,26-/m1/s1. The van der Waals surface area contributed by atoms with Gasteiger partial charge in [-0.1, -0.05) is 29.8 Å². The van der Waals surface area contributed by atoms with Crippen molar-refractivity contribution in [2.75, 3.05) is 20.2 Å². The highest BCUT2D eigenvalue weighted by molar-refractivity contribution is 5.96. The lowest BCUT2D eigenvalue weighted by atomic mass is 9.85. The fourth-order valence-electron chi connectivity index (χ4n) is 5.30. The first-order chi connectivity index (χ1) is 17.5. The third kappa shape index (κ3) is 5.61. The Bertz CT molecular complexity index is 1040. The molecule has 0 bridgehead atoms. The molecular weight excluding hydrogens is 482 g/mol. The second kappa shape index (κ2) is 11.3. The van der Waals surface area contributed by atoms with Gasteiger partial charge in [0.25, 0.3) is 0 Å². The summed E-state index contributed by atoms with van der Waals surface area (Å²) in [4.78, 5) is 66.0. The maximum Gasteiger partial charge on any atom is 0.407 e. The maximum absolute atomic E-state index is 14.1. The van der Waals surface area contributed by atoms with E-state index >= 15 is 0 Å². The molecule has 0 aliphatic carbocycles. The van der Waals surface area contributed by atoms with E-state index in [9.17, 15) is 29.1 Å². The van der Waals surface area contributed by atoms with Crippen LogP contribution in [0.25, 0.3) is 0 Å². The van der Waals surface area contributed by atoms with E-state index in [0.717, 1.165) is 16.0 Å². The number of aryl methyl sites for hydroxylation is 1. The third-order valence-corrected chi connectivity index (χ3v) is 7.35. The Morgan fingerprint density at radius 3 is 2.46 bits per heavy atom. The summed E-state index contributed by atoms with van der Waals surface area (Å²) in [6, 6.07) is 6.65. The summed E-state index contributed by atoms with van der Waals surface area (Å²) < 4.78 is 10.5. The molecule has 37 heavy (non-hydrogen) atoms. The lowest BCUT2D eigenvalue weighted by Crippen LogP contribution is -2.68. The van der Waals surface area contributed by atoms with Crippen molar-refractivity contribution in [2.24, 2.45) is 0 Å². The first-order valence-corrected chi connectivity index (χ1v) is 12.4. The maximum atomic E-state index is 14.1. The topological polar surface area (TPSA) is 143 Å². The first-order valence-electron chi connectivity index (χ1n) is 12.4. The molecule has 11 nitrogen and oxygen atoms in total. The van der Waals surface area contributed by atoms with Gasteiger partial charge in [0.1, 0.15) is 11.6 Å². The average Bonchev–Trinajstić information content (AvgIpc) is 3.51. The largest absolute Gasteiger partial charge is 0.465 e. The van der Waals surface area contributed by atoms with Crippen LogP contribution in [0, 0.1) is 6.92 Å². The molecule has 4 atom stereocenters. The predicted molar refractivity (Wildman–Crippen MR) is 131 cm³/mol. The summed E-state index contributed by atoms with van der Waals surface area (Å²) >= 11 is 0. The monoisotopic (exact) mass is 517 g/mol. The molecule has 0 aromatic heterocycles. The van der Waals surface area contributed by atoms with Crippen LogP contribution in [0.3, 0.4) is 0 Å². The molecule has 3 amide bonds. The van der Waals surface area contributed by atoms with Gasteiger partial charge in [0, 0.05) is 33.5 Å². The van der Waals surface area contributed by atoms with Crippen molar-refractivity contribution in [3.05, 3.63) is 35.4 Å². The number of amides is 3. The van der Waals surface area contributed by atoms with Gasteiger partial charge in [-0.05, 0) is 45.1 Å². The van der Waals surface area contributed by atoms with Gasteiger partial charge in [-0.3, -0.25) is 24.1 Å². The fourth-order valence-corrected chi connectivity index (χ4v) is 5.30. The van der Waals surface area contributed by atoms with E-state index in [1.807, 2.05) is 31.2 Å². The number of benzene rings is 1. The number of carbonyl (C=O) groups is 5. The molecule has 2 heterocycles. The zero-order valence-corrected chi connectivity index (χ0v) is 21.7. The Balaban J connectivity index is 2.03.